The number of hydrogen-bond donors (Lipinski definition) is 2. The van der Waals surface area contributed by atoms with Crippen molar-refractivity contribution < 1.29 is 24.2 Å². The highest BCUT2D eigenvalue weighted by Gasteiger charge is 2.29. The summed E-state index contributed by atoms with van der Waals surface area (Å²) in [5.41, 5.74) is 4.92. The first-order valence-electron chi connectivity index (χ1n) is 11.5. The summed E-state index contributed by atoms with van der Waals surface area (Å²) < 4.78 is 11.0. The van der Waals surface area contributed by atoms with Crippen LogP contribution in [0.4, 0.5) is 4.79 Å². The van der Waals surface area contributed by atoms with E-state index >= 15 is 0 Å². The predicted molar refractivity (Wildman–Crippen MR) is 132 cm³/mol. The number of aromatic nitrogens is 2. The van der Waals surface area contributed by atoms with Crippen molar-refractivity contribution in [3.05, 3.63) is 108 Å². The molecule has 1 aliphatic carbocycles. The maximum atomic E-state index is 12.5. The molecule has 1 atom stereocenters. The van der Waals surface area contributed by atoms with Crippen LogP contribution in [-0.2, 0) is 16.0 Å². The molecule has 0 saturated heterocycles. The Labute approximate surface area is 207 Å². The number of nitrogens with one attached hydrogen (secondary N) is 1. The summed E-state index contributed by atoms with van der Waals surface area (Å²) in [7, 11) is 0. The molecule has 8 nitrogen and oxygen atoms in total. The van der Waals surface area contributed by atoms with E-state index in [9.17, 15) is 14.7 Å². The van der Waals surface area contributed by atoms with Gasteiger partial charge in [-0.3, -0.25) is 0 Å². The van der Waals surface area contributed by atoms with Crippen LogP contribution in [0.15, 0.2) is 91.3 Å². The van der Waals surface area contributed by atoms with Gasteiger partial charge < -0.3 is 19.9 Å². The number of carbonyl (C=O) groups is 2. The number of fused-ring (bicyclic) bond motifs is 3. The van der Waals surface area contributed by atoms with Crippen molar-refractivity contribution in [2.75, 3.05) is 6.61 Å². The van der Waals surface area contributed by atoms with Crippen LogP contribution in [0.25, 0.3) is 11.1 Å². The maximum absolute atomic E-state index is 12.5. The second kappa shape index (κ2) is 10.3. The zero-order valence-electron chi connectivity index (χ0n) is 19.2. The van der Waals surface area contributed by atoms with E-state index in [1.54, 1.807) is 12.1 Å². The number of nitrogens with zero attached hydrogens (tertiary/aromatic N) is 2. The number of carboxylic acid groups (broad SMARTS) is 1. The summed E-state index contributed by atoms with van der Waals surface area (Å²) in [5, 5.41) is 12.1. The lowest BCUT2D eigenvalue weighted by Crippen LogP contribution is -2.43. The van der Waals surface area contributed by atoms with E-state index < -0.39 is 18.1 Å². The summed E-state index contributed by atoms with van der Waals surface area (Å²) in [6.45, 7) is 0.0980. The molecule has 36 heavy (non-hydrogen) atoms. The highest BCUT2D eigenvalue weighted by atomic mass is 16.5. The smallest absolute Gasteiger partial charge is 0.407 e. The minimum Gasteiger partial charge on any atom is -0.480 e. The molecule has 5 rings (SSSR count). The number of carbonyl (C=O) groups excluding carboxylic acids is 1. The fourth-order valence-electron chi connectivity index (χ4n) is 4.31. The number of benzene rings is 3. The average Bonchev–Trinajstić information content (AvgIpc) is 3.22. The Kier molecular flexibility index (Phi) is 6.57. The van der Waals surface area contributed by atoms with E-state index in [0.29, 0.717) is 11.3 Å². The average molecular weight is 482 g/mol. The van der Waals surface area contributed by atoms with Gasteiger partial charge in [0.25, 0.3) is 0 Å². The van der Waals surface area contributed by atoms with Crippen molar-refractivity contribution in [1.82, 2.24) is 15.3 Å². The standard InChI is InChI=1S/C28H23N3O5/c32-26(33)25(14-18-15-29-27(30-16-18)36-19-8-2-1-3-9-19)31-28(34)35-17-24-22-12-6-4-10-20(22)21-11-5-7-13-23(21)24/h1-13,15-16,24-25H,14,17H2,(H,31,34)(H,32,33)/t25-/m0/s1. The van der Waals surface area contributed by atoms with Crippen LogP contribution in [0.1, 0.15) is 22.6 Å². The molecule has 0 radical (unpaired) electrons. The number of aliphatic carboxylic acids is 1. The van der Waals surface area contributed by atoms with Gasteiger partial charge in [-0.15, -0.1) is 0 Å². The fraction of sp³-hybridized carbons (Fsp3) is 0.143. The summed E-state index contributed by atoms with van der Waals surface area (Å²) in [6.07, 6.45) is 2.14. The van der Waals surface area contributed by atoms with E-state index in [1.807, 2.05) is 66.7 Å². The number of para-hydroxylation sites is 1. The van der Waals surface area contributed by atoms with Gasteiger partial charge in [-0.25, -0.2) is 19.6 Å². The molecule has 180 valence electrons. The van der Waals surface area contributed by atoms with E-state index in [1.165, 1.54) is 12.4 Å². The molecule has 0 unspecified atom stereocenters. The monoisotopic (exact) mass is 481 g/mol. The molecular formula is C28H23N3O5. The van der Waals surface area contributed by atoms with Crippen LogP contribution in [-0.4, -0.2) is 39.8 Å². The van der Waals surface area contributed by atoms with Gasteiger partial charge in [0.15, 0.2) is 0 Å². The maximum Gasteiger partial charge on any atom is 0.407 e. The number of hydrogen-bond acceptors (Lipinski definition) is 6. The summed E-state index contributed by atoms with van der Waals surface area (Å²) >= 11 is 0. The van der Waals surface area contributed by atoms with E-state index in [0.717, 1.165) is 22.3 Å². The van der Waals surface area contributed by atoms with Crippen molar-refractivity contribution in [1.29, 1.82) is 0 Å². The number of alkyl carbamates (subject to hydrolysis) is 1. The highest BCUT2D eigenvalue weighted by molar-refractivity contribution is 5.81. The Bertz CT molecular complexity index is 1330. The van der Waals surface area contributed by atoms with Gasteiger partial charge >= 0.3 is 18.1 Å². The third-order valence-corrected chi connectivity index (χ3v) is 6.01. The minimum absolute atomic E-state index is 0.00878. The Morgan fingerprint density at radius 1 is 0.861 bits per heavy atom. The number of amides is 1. The SMILES string of the molecule is O=C(N[C@@H](Cc1cnc(Oc2ccccc2)nc1)C(=O)O)OCC1c2ccccc2-c2ccccc21. The zero-order chi connectivity index (χ0) is 24.9. The summed E-state index contributed by atoms with van der Waals surface area (Å²) in [5.74, 6) is -0.712. The highest BCUT2D eigenvalue weighted by Crippen LogP contribution is 2.44. The molecular weight excluding hydrogens is 458 g/mol. The zero-order valence-corrected chi connectivity index (χ0v) is 19.2. The largest absolute Gasteiger partial charge is 0.480 e. The Balaban J connectivity index is 1.20. The molecule has 0 fully saturated rings. The van der Waals surface area contributed by atoms with Crippen LogP contribution in [0.5, 0.6) is 11.8 Å². The topological polar surface area (TPSA) is 111 Å². The molecule has 8 heteroatoms. The van der Waals surface area contributed by atoms with Crippen LogP contribution >= 0.6 is 0 Å². The second-order valence-electron chi connectivity index (χ2n) is 8.35. The van der Waals surface area contributed by atoms with Crippen molar-refractivity contribution >= 4 is 12.1 Å². The van der Waals surface area contributed by atoms with Crippen molar-refractivity contribution in [3.63, 3.8) is 0 Å². The lowest BCUT2D eigenvalue weighted by Gasteiger charge is -2.17. The van der Waals surface area contributed by atoms with Gasteiger partial charge in [0, 0.05) is 24.7 Å². The predicted octanol–water partition coefficient (Wildman–Crippen LogP) is 4.80. The van der Waals surface area contributed by atoms with E-state index in [-0.39, 0.29) is 25.0 Å². The third kappa shape index (κ3) is 5.02. The number of carboxylic acids is 1. The molecule has 1 aliphatic rings. The molecule has 4 aromatic rings. The molecule has 0 spiro atoms. The first-order valence-corrected chi connectivity index (χ1v) is 11.5. The Hall–Kier alpha value is -4.72. The van der Waals surface area contributed by atoms with Gasteiger partial charge in [-0.1, -0.05) is 66.7 Å². The van der Waals surface area contributed by atoms with Crippen LogP contribution < -0.4 is 10.1 Å². The molecule has 2 N–H and O–H groups in total. The van der Waals surface area contributed by atoms with Gasteiger partial charge in [0.1, 0.15) is 18.4 Å². The van der Waals surface area contributed by atoms with Crippen LogP contribution in [0, 0.1) is 0 Å². The fourth-order valence-corrected chi connectivity index (χ4v) is 4.31. The molecule has 3 aromatic carbocycles. The number of ether oxygens (including phenoxy) is 2. The first-order chi connectivity index (χ1) is 17.6. The van der Waals surface area contributed by atoms with Crippen molar-refractivity contribution in [2.24, 2.45) is 0 Å². The molecule has 1 heterocycles. The molecule has 1 aromatic heterocycles. The molecule has 0 aliphatic heterocycles. The summed E-state index contributed by atoms with van der Waals surface area (Å²) in [4.78, 5) is 32.6. The number of rotatable bonds is 8. The van der Waals surface area contributed by atoms with Gasteiger partial charge in [-0.2, -0.15) is 0 Å². The Morgan fingerprint density at radius 2 is 1.44 bits per heavy atom. The lowest BCUT2D eigenvalue weighted by atomic mass is 9.98. The summed E-state index contributed by atoms with van der Waals surface area (Å²) in [6, 6.07) is 24.0. The van der Waals surface area contributed by atoms with E-state index in [2.05, 4.69) is 15.3 Å². The lowest BCUT2D eigenvalue weighted by molar-refractivity contribution is -0.139. The van der Waals surface area contributed by atoms with Gasteiger partial charge in [0.05, 0.1) is 0 Å². The third-order valence-electron chi connectivity index (χ3n) is 6.01. The minimum atomic E-state index is -1.20. The quantitative estimate of drug-likeness (QED) is 0.372. The van der Waals surface area contributed by atoms with E-state index in [4.69, 9.17) is 9.47 Å². The molecule has 1 amide bonds. The molecule has 0 bridgehead atoms. The van der Waals surface area contributed by atoms with Crippen LogP contribution in [0.2, 0.25) is 0 Å². The first kappa shape index (κ1) is 23.0. The molecule has 0 saturated carbocycles. The van der Waals surface area contributed by atoms with Gasteiger partial charge in [0.2, 0.25) is 0 Å². The van der Waals surface area contributed by atoms with Gasteiger partial charge in [-0.05, 0) is 39.9 Å². The second-order valence-corrected chi connectivity index (χ2v) is 8.35. The Morgan fingerprint density at radius 3 is 2.06 bits per heavy atom. The normalized spacial score (nSPS) is 12.8. The van der Waals surface area contributed by atoms with Crippen LogP contribution in [0.3, 0.4) is 0 Å². The van der Waals surface area contributed by atoms with Crippen molar-refractivity contribution in [3.8, 4) is 22.9 Å². The van der Waals surface area contributed by atoms with Crippen molar-refractivity contribution in [2.45, 2.75) is 18.4 Å².